The van der Waals surface area contributed by atoms with Gasteiger partial charge in [0.25, 0.3) is 6.29 Å². The highest BCUT2D eigenvalue weighted by Gasteiger charge is 2.31. The number of methoxy groups -OCH3 is 1. The van der Waals surface area contributed by atoms with Gasteiger partial charge < -0.3 is 33.2 Å². The molecule has 12 nitrogen and oxygen atoms in total. The highest BCUT2D eigenvalue weighted by molar-refractivity contribution is 6.29. The monoisotopic (exact) mass is 532 g/mol. The molecule has 0 aliphatic carbocycles. The molecule has 12 heteroatoms. The summed E-state index contributed by atoms with van der Waals surface area (Å²) in [6, 6.07) is 0. The molecule has 0 aliphatic rings. The summed E-state index contributed by atoms with van der Waals surface area (Å²) in [5.74, 6) is -4.11. The predicted molar refractivity (Wildman–Crippen MR) is 129 cm³/mol. The van der Waals surface area contributed by atoms with Crippen LogP contribution in [0.3, 0.4) is 0 Å². The molecule has 0 spiro atoms. The molecule has 0 saturated heterocycles. The van der Waals surface area contributed by atoms with Crippen molar-refractivity contribution in [1.29, 1.82) is 0 Å². The lowest BCUT2D eigenvalue weighted by molar-refractivity contribution is -0.217. The second-order valence-corrected chi connectivity index (χ2v) is 9.24. The number of hydrogen-bond donors (Lipinski definition) is 0. The van der Waals surface area contributed by atoms with Crippen LogP contribution in [0.25, 0.3) is 0 Å². The molecular weight excluding hydrogens is 492 g/mol. The Hall–Kier alpha value is -2.99. The molecule has 0 radical (unpaired) electrons. The molecule has 212 valence electrons. The molecule has 37 heavy (non-hydrogen) atoms. The number of carbonyl (C=O) groups is 5. The molecule has 0 aromatic heterocycles. The normalized spacial score (nSPS) is 12.2. The summed E-state index contributed by atoms with van der Waals surface area (Å²) in [6.07, 6.45) is -0.240. The summed E-state index contributed by atoms with van der Waals surface area (Å²) >= 11 is 0. The topological polar surface area (TPSA) is 150 Å². The summed E-state index contributed by atoms with van der Waals surface area (Å²) in [4.78, 5) is 58.5. The molecule has 1 atom stereocenters. The van der Waals surface area contributed by atoms with E-state index in [0.717, 1.165) is 0 Å². The van der Waals surface area contributed by atoms with Crippen molar-refractivity contribution in [2.75, 3.05) is 33.5 Å². The lowest BCUT2D eigenvalue weighted by atomic mass is 10.0. The summed E-state index contributed by atoms with van der Waals surface area (Å²) in [5, 5.41) is 0. The predicted octanol–water partition coefficient (Wildman–Crippen LogP) is 2.41. The van der Waals surface area contributed by atoms with Crippen LogP contribution in [0.15, 0.2) is 12.2 Å². The Morgan fingerprint density at radius 2 is 1.35 bits per heavy atom. The van der Waals surface area contributed by atoms with E-state index in [1.54, 1.807) is 34.6 Å². The van der Waals surface area contributed by atoms with Crippen LogP contribution in [-0.2, 0) is 57.1 Å². The molecule has 0 aromatic rings. The Morgan fingerprint density at radius 3 is 1.92 bits per heavy atom. The van der Waals surface area contributed by atoms with E-state index < -0.39 is 47.3 Å². The molecular formula is C25H40O12. The van der Waals surface area contributed by atoms with Gasteiger partial charge in [0.1, 0.15) is 18.8 Å². The van der Waals surface area contributed by atoms with Crippen LogP contribution < -0.4 is 0 Å². The molecule has 1 unspecified atom stereocenters. The van der Waals surface area contributed by atoms with E-state index in [9.17, 15) is 24.0 Å². The number of carbonyl (C=O) groups excluding carboxylic acids is 5. The third-order valence-electron chi connectivity index (χ3n) is 4.69. The summed E-state index contributed by atoms with van der Waals surface area (Å²) < 4.78 is 35.6. The Kier molecular flexibility index (Phi) is 15.3. The fourth-order valence-corrected chi connectivity index (χ4v) is 2.59. The molecule has 0 aliphatic heterocycles. The number of rotatable bonds is 17. The minimum Gasteiger partial charge on any atom is -0.462 e. The van der Waals surface area contributed by atoms with Crippen LogP contribution >= 0.6 is 0 Å². The summed E-state index contributed by atoms with van der Waals surface area (Å²) in [6.45, 7) is 12.9. The SMILES string of the molecule is C=C(C)C(=O)OCCC(C)(C)OC(OC)C(=O)OCCCC(C)(C)OC(=O)C(=O)OCCOC(=O)CC. The number of hydrogen-bond acceptors (Lipinski definition) is 12. The molecule has 0 amide bonds. The summed E-state index contributed by atoms with van der Waals surface area (Å²) in [5.41, 5.74) is -1.63. The van der Waals surface area contributed by atoms with E-state index >= 15 is 0 Å². The van der Waals surface area contributed by atoms with Gasteiger partial charge in [-0.25, -0.2) is 19.2 Å². The Balaban J connectivity index is 4.42. The van der Waals surface area contributed by atoms with E-state index in [-0.39, 0.29) is 44.8 Å². The van der Waals surface area contributed by atoms with Gasteiger partial charge >= 0.3 is 29.8 Å². The fraction of sp³-hybridized carbons (Fsp3) is 0.720. The minimum atomic E-state index is -1.30. The highest BCUT2D eigenvalue weighted by atomic mass is 16.7. The zero-order valence-electron chi connectivity index (χ0n) is 22.8. The van der Waals surface area contributed by atoms with Crippen molar-refractivity contribution in [2.45, 2.75) is 84.7 Å². The van der Waals surface area contributed by atoms with Crippen LogP contribution in [0.2, 0.25) is 0 Å². The largest absolute Gasteiger partial charge is 0.462 e. The van der Waals surface area contributed by atoms with Gasteiger partial charge in [0.2, 0.25) is 0 Å². The van der Waals surface area contributed by atoms with E-state index in [2.05, 4.69) is 6.58 Å². The second kappa shape index (κ2) is 16.7. The van der Waals surface area contributed by atoms with Crippen molar-refractivity contribution >= 4 is 29.8 Å². The zero-order valence-corrected chi connectivity index (χ0v) is 22.8. The minimum absolute atomic E-state index is 0.0209. The third-order valence-corrected chi connectivity index (χ3v) is 4.69. The molecule has 0 bridgehead atoms. The Bertz CT molecular complexity index is 799. The zero-order chi connectivity index (χ0) is 28.6. The van der Waals surface area contributed by atoms with Gasteiger partial charge in [-0.1, -0.05) is 13.5 Å². The van der Waals surface area contributed by atoms with Crippen molar-refractivity contribution in [3.8, 4) is 0 Å². The first-order valence-electron chi connectivity index (χ1n) is 11.9. The quantitative estimate of drug-likeness (QED) is 0.0676. The maximum atomic E-state index is 12.4. The maximum Gasteiger partial charge on any atom is 0.418 e. The third kappa shape index (κ3) is 15.7. The van der Waals surface area contributed by atoms with Crippen LogP contribution in [0.5, 0.6) is 0 Å². The standard InChI is InChI=1S/C25H40O12/c1-9-18(26)32-15-16-35-20(28)21(29)36-24(4,5)11-10-13-33-22(30)23(31-8)37-25(6,7)12-14-34-19(27)17(2)3/h23H,2,9-16H2,1,3-8H3. The second-order valence-electron chi connectivity index (χ2n) is 9.24. The van der Waals surface area contributed by atoms with Gasteiger partial charge in [-0.3, -0.25) is 4.79 Å². The van der Waals surface area contributed by atoms with Gasteiger partial charge in [0.15, 0.2) is 0 Å². The van der Waals surface area contributed by atoms with Crippen molar-refractivity contribution in [1.82, 2.24) is 0 Å². The van der Waals surface area contributed by atoms with Gasteiger partial charge in [-0.15, -0.1) is 0 Å². The van der Waals surface area contributed by atoms with E-state index in [1.165, 1.54) is 14.0 Å². The van der Waals surface area contributed by atoms with Crippen molar-refractivity contribution in [3.63, 3.8) is 0 Å². The van der Waals surface area contributed by atoms with Crippen molar-refractivity contribution in [3.05, 3.63) is 12.2 Å². The fourth-order valence-electron chi connectivity index (χ4n) is 2.59. The number of ether oxygens (including phenoxy) is 7. The molecule has 0 aromatic carbocycles. The lowest BCUT2D eigenvalue weighted by Crippen LogP contribution is -2.38. The van der Waals surface area contributed by atoms with Gasteiger partial charge in [0.05, 0.1) is 18.8 Å². The molecule has 0 fully saturated rings. The smallest absolute Gasteiger partial charge is 0.418 e. The molecule has 0 N–H and O–H groups in total. The van der Waals surface area contributed by atoms with E-state index in [1.807, 2.05) is 0 Å². The Morgan fingerprint density at radius 1 is 0.757 bits per heavy atom. The molecule has 0 heterocycles. The van der Waals surface area contributed by atoms with E-state index in [4.69, 9.17) is 33.2 Å². The molecule has 0 rings (SSSR count). The van der Waals surface area contributed by atoms with Crippen LogP contribution in [0, 0.1) is 0 Å². The van der Waals surface area contributed by atoms with Crippen molar-refractivity contribution < 1.29 is 57.1 Å². The average molecular weight is 533 g/mol. The van der Waals surface area contributed by atoms with Gasteiger partial charge in [-0.2, -0.15) is 0 Å². The van der Waals surface area contributed by atoms with Gasteiger partial charge in [-0.05, 0) is 47.5 Å². The molecule has 0 saturated carbocycles. The van der Waals surface area contributed by atoms with Crippen LogP contribution in [0.1, 0.15) is 67.2 Å². The average Bonchev–Trinajstić information content (AvgIpc) is 2.81. The first-order valence-corrected chi connectivity index (χ1v) is 11.9. The van der Waals surface area contributed by atoms with Crippen LogP contribution in [-0.4, -0.2) is 80.9 Å². The van der Waals surface area contributed by atoms with Crippen LogP contribution in [0.4, 0.5) is 0 Å². The highest BCUT2D eigenvalue weighted by Crippen LogP contribution is 2.20. The Labute approximate surface area is 217 Å². The maximum absolute atomic E-state index is 12.4. The lowest BCUT2D eigenvalue weighted by Gasteiger charge is -2.29. The summed E-state index contributed by atoms with van der Waals surface area (Å²) in [7, 11) is 1.29. The van der Waals surface area contributed by atoms with Crippen molar-refractivity contribution in [2.24, 2.45) is 0 Å². The first-order chi connectivity index (χ1) is 17.1. The van der Waals surface area contributed by atoms with E-state index in [0.29, 0.717) is 12.8 Å². The van der Waals surface area contributed by atoms with Gasteiger partial charge in [0, 0.05) is 25.5 Å². The number of esters is 5. The first kappa shape index (κ1) is 34.0.